The Kier molecular flexibility index (Phi) is 4.16. The number of rotatable bonds is 1. The standard InChI is InChI=1S/C30H18O7/c31-18-5-8-20-16(13-18)3-11-24-26(20)36-27-21-9-6-19(32)14-17(21)4-12-25(27)30(24)23-10-2-15(28(33)34)1-7-22(23)29(35)37-30/h1-15,31-32H,(H,33,34). The minimum Gasteiger partial charge on any atom is -0.508 e. The van der Waals surface area contributed by atoms with Crippen molar-refractivity contribution in [2.24, 2.45) is 5.92 Å². The topological polar surface area (TPSA) is 113 Å². The van der Waals surface area contributed by atoms with Crippen LogP contribution < -0.4 is 4.74 Å². The van der Waals surface area contributed by atoms with Crippen molar-refractivity contribution in [3.8, 4) is 23.0 Å². The highest BCUT2D eigenvalue weighted by Gasteiger charge is 2.54. The lowest BCUT2D eigenvalue weighted by Gasteiger charge is -2.38. The number of esters is 1. The van der Waals surface area contributed by atoms with Crippen molar-refractivity contribution in [2.45, 2.75) is 5.60 Å². The lowest BCUT2D eigenvalue weighted by atomic mass is 9.75. The molecule has 1 atom stereocenters. The highest BCUT2D eigenvalue weighted by atomic mass is 16.6. The summed E-state index contributed by atoms with van der Waals surface area (Å²) in [6.07, 6.45) is 6.17. The van der Waals surface area contributed by atoms with Gasteiger partial charge in [-0.3, -0.25) is 4.79 Å². The van der Waals surface area contributed by atoms with E-state index in [4.69, 9.17) is 9.47 Å². The molecule has 1 unspecified atom stereocenters. The summed E-state index contributed by atoms with van der Waals surface area (Å²) in [5, 5.41) is 32.6. The van der Waals surface area contributed by atoms with E-state index in [2.05, 4.69) is 0 Å². The van der Waals surface area contributed by atoms with Crippen molar-refractivity contribution < 1.29 is 34.4 Å². The lowest BCUT2D eigenvalue weighted by molar-refractivity contribution is -0.145. The molecule has 2 heterocycles. The fraction of sp³-hybridized carbons (Fsp3) is 0.0667. The van der Waals surface area contributed by atoms with Crippen molar-refractivity contribution in [1.29, 1.82) is 0 Å². The molecule has 0 bridgehead atoms. The van der Waals surface area contributed by atoms with E-state index < -0.39 is 23.5 Å². The van der Waals surface area contributed by atoms with E-state index in [1.807, 2.05) is 12.1 Å². The predicted molar refractivity (Wildman–Crippen MR) is 135 cm³/mol. The third-order valence-electron chi connectivity index (χ3n) is 7.23. The van der Waals surface area contributed by atoms with Crippen LogP contribution in [0.1, 0.15) is 11.1 Å². The van der Waals surface area contributed by atoms with Crippen LogP contribution in [0, 0.1) is 5.92 Å². The van der Waals surface area contributed by atoms with Crippen LogP contribution in [0.2, 0.25) is 0 Å². The maximum absolute atomic E-state index is 13.3. The highest BCUT2D eigenvalue weighted by Crippen LogP contribution is 2.59. The number of benzene rings is 4. The Balaban J connectivity index is 1.60. The van der Waals surface area contributed by atoms with Crippen LogP contribution in [0.3, 0.4) is 0 Å². The van der Waals surface area contributed by atoms with Gasteiger partial charge in [-0.15, -0.1) is 0 Å². The number of hydrogen-bond donors (Lipinski definition) is 3. The second-order valence-corrected chi connectivity index (χ2v) is 9.28. The van der Waals surface area contributed by atoms with Gasteiger partial charge in [-0.25, -0.2) is 4.79 Å². The van der Waals surface area contributed by atoms with Gasteiger partial charge in [-0.1, -0.05) is 36.4 Å². The van der Waals surface area contributed by atoms with E-state index in [0.717, 1.165) is 10.8 Å². The number of carbonyl (C=O) groups is 2. The Hall–Kier alpha value is -5.04. The molecule has 37 heavy (non-hydrogen) atoms. The molecular formula is C30H18O7. The number of ether oxygens (including phenoxy) is 2. The second-order valence-electron chi connectivity index (χ2n) is 9.28. The zero-order chi connectivity index (χ0) is 25.5. The third kappa shape index (κ3) is 2.82. The maximum atomic E-state index is 13.3. The number of fused-ring (bicyclic) bond motifs is 9. The fourth-order valence-corrected chi connectivity index (χ4v) is 5.54. The zero-order valence-electron chi connectivity index (χ0n) is 19.1. The first-order valence-electron chi connectivity index (χ1n) is 11.6. The summed E-state index contributed by atoms with van der Waals surface area (Å²) in [6, 6.07) is 17.1. The molecular weight excluding hydrogens is 472 g/mol. The molecule has 3 N–H and O–H groups in total. The van der Waals surface area contributed by atoms with E-state index in [1.165, 1.54) is 18.2 Å². The Morgan fingerprint density at radius 3 is 1.92 bits per heavy atom. The molecule has 4 aromatic rings. The molecule has 7 rings (SSSR count). The molecule has 0 aromatic heterocycles. The molecule has 0 saturated heterocycles. The Morgan fingerprint density at radius 2 is 1.35 bits per heavy atom. The van der Waals surface area contributed by atoms with E-state index in [-0.39, 0.29) is 17.1 Å². The minimum atomic E-state index is -1.40. The molecule has 180 valence electrons. The third-order valence-corrected chi connectivity index (χ3v) is 7.23. The average molecular weight is 490 g/mol. The summed E-state index contributed by atoms with van der Waals surface area (Å²) in [7, 11) is 0. The number of phenols is 2. The summed E-state index contributed by atoms with van der Waals surface area (Å²) >= 11 is 0. The first-order chi connectivity index (χ1) is 17.9. The molecule has 4 aromatic carbocycles. The Morgan fingerprint density at radius 1 is 0.784 bits per heavy atom. The predicted octanol–water partition coefficient (Wildman–Crippen LogP) is 5.43. The van der Waals surface area contributed by atoms with Crippen molar-refractivity contribution in [1.82, 2.24) is 0 Å². The number of hydrogen-bond acceptors (Lipinski definition) is 6. The molecule has 0 fully saturated rings. The largest absolute Gasteiger partial charge is 0.508 e. The normalized spacial score (nSPS) is 18.8. The average Bonchev–Trinajstić information content (AvgIpc) is 3.01. The van der Waals surface area contributed by atoms with Crippen LogP contribution >= 0.6 is 0 Å². The summed E-state index contributed by atoms with van der Waals surface area (Å²) in [5.41, 5.74) is 0.555. The van der Waals surface area contributed by atoms with Gasteiger partial charge >= 0.3 is 11.9 Å². The summed E-state index contributed by atoms with van der Waals surface area (Å²) < 4.78 is 12.8. The van der Waals surface area contributed by atoms with E-state index in [9.17, 15) is 24.9 Å². The van der Waals surface area contributed by atoms with Crippen molar-refractivity contribution in [3.05, 3.63) is 107 Å². The molecule has 7 nitrogen and oxygen atoms in total. The molecule has 0 saturated carbocycles. The summed E-state index contributed by atoms with van der Waals surface area (Å²) in [5.74, 6) is -1.36. The van der Waals surface area contributed by atoms with Gasteiger partial charge in [0.2, 0.25) is 0 Å². The summed E-state index contributed by atoms with van der Waals surface area (Å²) in [4.78, 5) is 25.1. The van der Waals surface area contributed by atoms with Crippen LogP contribution in [0.15, 0.2) is 96.1 Å². The molecule has 1 aliphatic carbocycles. The first kappa shape index (κ1) is 21.3. The zero-order valence-corrected chi connectivity index (χ0v) is 19.1. The van der Waals surface area contributed by atoms with Crippen molar-refractivity contribution in [2.75, 3.05) is 0 Å². The fourth-order valence-electron chi connectivity index (χ4n) is 5.54. The second kappa shape index (κ2) is 7.24. The van der Waals surface area contributed by atoms with Gasteiger partial charge in [-0.2, -0.15) is 0 Å². The molecule has 0 amide bonds. The van der Waals surface area contributed by atoms with Gasteiger partial charge < -0.3 is 24.8 Å². The van der Waals surface area contributed by atoms with E-state index in [1.54, 1.807) is 54.6 Å². The number of carbonyl (C=O) groups excluding carboxylic acids is 1. The first-order valence-corrected chi connectivity index (χ1v) is 11.6. The van der Waals surface area contributed by atoms with Crippen molar-refractivity contribution in [3.63, 3.8) is 0 Å². The lowest BCUT2D eigenvalue weighted by Crippen LogP contribution is -2.34. The quantitative estimate of drug-likeness (QED) is 0.305. The van der Waals surface area contributed by atoms with Gasteiger partial charge in [0, 0.05) is 27.5 Å². The number of aliphatic carboxylic acids is 1. The SMILES string of the molecule is O=C1OC2(C3=C1C=CC(C(=O)O)C=C3)c1ccc3cc(O)ccc3c1Oc1c2ccc2cc(O)ccc12. The number of aromatic hydroxyl groups is 2. The van der Waals surface area contributed by atoms with Crippen LogP contribution in [0.4, 0.5) is 0 Å². The number of phenolic OH excluding ortho intramolecular Hbond substituents is 2. The number of carboxylic acid groups (broad SMARTS) is 1. The van der Waals surface area contributed by atoms with Gasteiger partial charge in [0.05, 0.1) is 11.5 Å². The van der Waals surface area contributed by atoms with E-state index >= 15 is 0 Å². The monoisotopic (exact) mass is 490 g/mol. The minimum absolute atomic E-state index is 0.105. The van der Waals surface area contributed by atoms with Crippen LogP contribution in [0.25, 0.3) is 21.5 Å². The molecule has 3 aliphatic rings. The molecule has 2 aliphatic heterocycles. The Bertz CT molecular complexity index is 1720. The van der Waals surface area contributed by atoms with Gasteiger partial charge in [0.25, 0.3) is 0 Å². The van der Waals surface area contributed by atoms with Crippen LogP contribution in [-0.4, -0.2) is 27.3 Å². The molecule has 7 heteroatoms. The number of carboxylic acids is 1. The van der Waals surface area contributed by atoms with Crippen molar-refractivity contribution >= 4 is 33.5 Å². The van der Waals surface area contributed by atoms with Gasteiger partial charge in [-0.05, 0) is 59.3 Å². The van der Waals surface area contributed by atoms with Crippen LogP contribution in [-0.2, 0) is 19.9 Å². The smallest absolute Gasteiger partial charge is 0.340 e. The van der Waals surface area contributed by atoms with Crippen LogP contribution in [0.5, 0.6) is 23.0 Å². The van der Waals surface area contributed by atoms with Gasteiger partial charge in [0.1, 0.15) is 23.0 Å². The molecule has 1 spiro atoms. The summed E-state index contributed by atoms with van der Waals surface area (Å²) in [6.45, 7) is 0. The highest BCUT2D eigenvalue weighted by molar-refractivity contribution is 6.02. The van der Waals surface area contributed by atoms with E-state index in [0.29, 0.717) is 39.0 Å². The Labute approximate surface area is 209 Å². The maximum Gasteiger partial charge on any atom is 0.340 e. The van der Waals surface area contributed by atoms with Gasteiger partial charge in [0.15, 0.2) is 5.60 Å². The molecule has 0 radical (unpaired) electrons.